The molecule has 0 radical (unpaired) electrons. The predicted molar refractivity (Wildman–Crippen MR) is 59.1 cm³/mol. The Kier molecular flexibility index (Phi) is 5.93. The average Bonchev–Trinajstić information content (AvgIpc) is 2.11. The van der Waals surface area contributed by atoms with Gasteiger partial charge in [0, 0.05) is 31.5 Å². The van der Waals surface area contributed by atoms with Gasteiger partial charge < -0.3 is 16.4 Å². The second-order valence-corrected chi connectivity index (χ2v) is 4.39. The van der Waals surface area contributed by atoms with E-state index in [1.807, 2.05) is 20.8 Å². The van der Waals surface area contributed by atoms with E-state index < -0.39 is 0 Å². The van der Waals surface area contributed by atoms with Crippen LogP contribution in [0.4, 0.5) is 0 Å². The van der Waals surface area contributed by atoms with Gasteiger partial charge in [0.15, 0.2) is 0 Å². The molecule has 0 fully saturated rings. The van der Waals surface area contributed by atoms with Gasteiger partial charge in [0.25, 0.3) is 0 Å². The smallest absolute Gasteiger partial charge is 0.225 e. The Bertz CT molecular complexity index is 221. The van der Waals surface area contributed by atoms with Gasteiger partial charge in [-0.2, -0.15) is 0 Å². The van der Waals surface area contributed by atoms with E-state index >= 15 is 0 Å². The van der Waals surface area contributed by atoms with Crippen molar-refractivity contribution in [1.29, 1.82) is 0 Å². The number of amides is 2. The molecular weight excluding hydrogens is 194 g/mol. The van der Waals surface area contributed by atoms with Gasteiger partial charge in [-0.05, 0) is 0 Å². The van der Waals surface area contributed by atoms with Crippen LogP contribution >= 0.6 is 0 Å². The van der Waals surface area contributed by atoms with E-state index in [2.05, 4.69) is 10.6 Å². The van der Waals surface area contributed by atoms with E-state index in [1.165, 1.54) is 0 Å². The van der Waals surface area contributed by atoms with E-state index in [4.69, 9.17) is 5.73 Å². The van der Waals surface area contributed by atoms with Crippen LogP contribution in [0.1, 0.15) is 27.2 Å². The van der Waals surface area contributed by atoms with Crippen LogP contribution in [0.2, 0.25) is 0 Å². The zero-order valence-electron chi connectivity index (χ0n) is 9.72. The van der Waals surface area contributed by atoms with Crippen molar-refractivity contribution in [3.8, 4) is 0 Å². The van der Waals surface area contributed by atoms with Gasteiger partial charge in [-0.3, -0.25) is 9.59 Å². The quantitative estimate of drug-likeness (QED) is 0.546. The number of nitrogens with one attached hydrogen (secondary N) is 2. The van der Waals surface area contributed by atoms with Gasteiger partial charge in [0.2, 0.25) is 11.8 Å². The van der Waals surface area contributed by atoms with E-state index in [9.17, 15) is 9.59 Å². The lowest BCUT2D eigenvalue weighted by Crippen LogP contribution is -2.40. The van der Waals surface area contributed by atoms with E-state index in [0.717, 1.165) is 0 Å². The molecule has 0 aliphatic rings. The molecule has 4 N–H and O–H groups in total. The average molecular weight is 215 g/mol. The predicted octanol–water partition coefficient (Wildman–Crippen LogP) is -0.386. The van der Waals surface area contributed by atoms with Crippen molar-refractivity contribution in [3.63, 3.8) is 0 Å². The maximum Gasteiger partial charge on any atom is 0.225 e. The molecule has 0 aromatic rings. The van der Waals surface area contributed by atoms with E-state index in [1.54, 1.807) is 0 Å². The van der Waals surface area contributed by atoms with Crippen LogP contribution in [0.3, 0.4) is 0 Å². The lowest BCUT2D eigenvalue weighted by Gasteiger charge is -2.17. The molecule has 15 heavy (non-hydrogen) atoms. The van der Waals surface area contributed by atoms with Gasteiger partial charge in [-0.15, -0.1) is 0 Å². The molecule has 0 aliphatic carbocycles. The lowest BCUT2D eigenvalue weighted by atomic mass is 9.96. The van der Waals surface area contributed by atoms with Crippen molar-refractivity contribution in [3.05, 3.63) is 0 Å². The maximum atomic E-state index is 11.4. The van der Waals surface area contributed by atoms with Crippen LogP contribution in [0.15, 0.2) is 0 Å². The summed E-state index contributed by atoms with van der Waals surface area (Å²) in [4.78, 5) is 22.4. The molecule has 0 atom stereocenters. The highest BCUT2D eigenvalue weighted by atomic mass is 16.2. The minimum Gasteiger partial charge on any atom is -0.354 e. The SMILES string of the molecule is CC(C)(C)C(=O)NCCNC(=O)CCN. The molecule has 5 heteroatoms. The molecule has 0 aromatic carbocycles. The molecule has 0 unspecified atom stereocenters. The molecule has 0 saturated carbocycles. The first-order valence-corrected chi connectivity index (χ1v) is 5.13. The van der Waals surface area contributed by atoms with Crippen molar-refractivity contribution in [2.75, 3.05) is 19.6 Å². The zero-order valence-corrected chi connectivity index (χ0v) is 9.72. The van der Waals surface area contributed by atoms with Crippen LogP contribution in [-0.2, 0) is 9.59 Å². The fourth-order valence-corrected chi connectivity index (χ4v) is 0.863. The summed E-state index contributed by atoms with van der Waals surface area (Å²) in [6, 6.07) is 0. The molecule has 2 amide bonds. The Morgan fingerprint density at radius 1 is 1.13 bits per heavy atom. The third kappa shape index (κ3) is 6.90. The third-order valence-corrected chi connectivity index (χ3v) is 1.79. The normalized spacial score (nSPS) is 10.9. The monoisotopic (exact) mass is 215 g/mol. The molecule has 0 saturated heterocycles. The summed E-state index contributed by atoms with van der Waals surface area (Å²) in [5.41, 5.74) is 4.82. The highest BCUT2D eigenvalue weighted by Crippen LogP contribution is 2.11. The van der Waals surface area contributed by atoms with Gasteiger partial charge >= 0.3 is 0 Å². The van der Waals surface area contributed by atoms with Crippen LogP contribution in [0.25, 0.3) is 0 Å². The number of carbonyl (C=O) groups is 2. The summed E-state index contributed by atoms with van der Waals surface area (Å²) in [5.74, 6) is -0.0990. The van der Waals surface area contributed by atoms with E-state index in [0.29, 0.717) is 26.1 Å². The number of hydrogen-bond acceptors (Lipinski definition) is 3. The van der Waals surface area contributed by atoms with Crippen molar-refractivity contribution in [2.45, 2.75) is 27.2 Å². The fraction of sp³-hybridized carbons (Fsp3) is 0.800. The second kappa shape index (κ2) is 6.40. The molecule has 0 bridgehead atoms. The standard InChI is InChI=1S/C10H21N3O2/c1-10(2,3)9(15)13-7-6-12-8(14)4-5-11/h4-7,11H2,1-3H3,(H,12,14)(H,13,15). The minimum atomic E-state index is -0.388. The van der Waals surface area contributed by atoms with Gasteiger partial charge in [-0.25, -0.2) is 0 Å². The molecule has 0 aromatic heterocycles. The van der Waals surface area contributed by atoms with Gasteiger partial charge in [0.1, 0.15) is 0 Å². The number of carbonyl (C=O) groups excluding carboxylic acids is 2. The maximum absolute atomic E-state index is 11.4. The summed E-state index contributed by atoms with van der Waals surface area (Å²) in [7, 11) is 0. The molecular formula is C10H21N3O2. The Labute approximate surface area is 90.8 Å². The third-order valence-electron chi connectivity index (χ3n) is 1.79. The first-order valence-electron chi connectivity index (χ1n) is 5.13. The van der Waals surface area contributed by atoms with Crippen molar-refractivity contribution in [1.82, 2.24) is 10.6 Å². The molecule has 0 aliphatic heterocycles. The Morgan fingerprint density at radius 2 is 1.67 bits per heavy atom. The largest absolute Gasteiger partial charge is 0.354 e. The highest BCUT2D eigenvalue weighted by Gasteiger charge is 2.20. The zero-order chi connectivity index (χ0) is 11.9. The Balaban J connectivity index is 3.55. The summed E-state index contributed by atoms with van der Waals surface area (Å²) in [6.45, 7) is 6.77. The molecule has 0 heterocycles. The lowest BCUT2D eigenvalue weighted by molar-refractivity contribution is -0.128. The second-order valence-electron chi connectivity index (χ2n) is 4.39. The summed E-state index contributed by atoms with van der Waals surface area (Å²) in [5, 5.41) is 5.39. The minimum absolute atomic E-state index is 0.0180. The first-order chi connectivity index (χ1) is 6.88. The topological polar surface area (TPSA) is 84.2 Å². The molecule has 0 rings (SSSR count). The first kappa shape index (κ1) is 13.9. The van der Waals surface area contributed by atoms with Crippen molar-refractivity contribution in [2.24, 2.45) is 11.1 Å². The van der Waals surface area contributed by atoms with Gasteiger partial charge in [-0.1, -0.05) is 20.8 Å². The molecule has 5 nitrogen and oxygen atoms in total. The van der Waals surface area contributed by atoms with Crippen molar-refractivity contribution >= 4 is 11.8 Å². The highest BCUT2D eigenvalue weighted by molar-refractivity contribution is 5.81. The number of rotatable bonds is 5. The van der Waals surface area contributed by atoms with Crippen molar-refractivity contribution < 1.29 is 9.59 Å². The fourth-order valence-electron chi connectivity index (χ4n) is 0.863. The molecule has 88 valence electrons. The van der Waals surface area contributed by atoms with Crippen LogP contribution in [0, 0.1) is 5.41 Å². The number of nitrogens with two attached hydrogens (primary N) is 1. The summed E-state index contributed by atoms with van der Waals surface area (Å²) < 4.78 is 0. The van der Waals surface area contributed by atoms with Crippen LogP contribution in [0.5, 0.6) is 0 Å². The van der Waals surface area contributed by atoms with Crippen LogP contribution in [-0.4, -0.2) is 31.4 Å². The summed E-state index contributed by atoms with van der Waals surface area (Å²) >= 11 is 0. The Morgan fingerprint density at radius 3 is 2.13 bits per heavy atom. The number of hydrogen-bond donors (Lipinski definition) is 3. The van der Waals surface area contributed by atoms with E-state index in [-0.39, 0.29) is 17.2 Å². The Hall–Kier alpha value is -1.10. The van der Waals surface area contributed by atoms with Gasteiger partial charge in [0.05, 0.1) is 0 Å². The summed E-state index contributed by atoms with van der Waals surface area (Å²) in [6.07, 6.45) is 0.327. The van der Waals surface area contributed by atoms with Crippen LogP contribution < -0.4 is 16.4 Å². The molecule has 0 spiro atoms.